The molecule has 0 saturated carbocycles. The third kappa shape index (κ3) is 4.68. The average Bonchev–Trinajstić information content (AvgIpc) is 2.72. The molecule has 3 aromatic rings. The van der Waals surface area contributed by atoms with Gasteiger partial charge in [-0.2, -0.15) is 0 Å². The number of ether oxygens (including phenoxy) is 1. The molecule has 0 spiro atoms. The molecule has 0 atom stereocenters. The van der Waals surface area contributed by atoms with Gasteiger partial charge >= 0.3 is 0 Å². The third-order valence-electron chi connectivity index (χ3n) is 5.14. The molecule has 0 fully saturated rings. The van der Waals surface area contributed by atoms with Gasteiger partial charge in [0.25, 0.3) is 5.91 Å². The van der Waals surface area contributed by atoms with Gasteiger partial charge in [0, 0.05) is 22.7 Å². The minimum atomic E-state index is 0.0292. The second-order valence-electron chi connectivity index (χ2n) is 7.90. The van der Waals surface area contributed by atoms with E-state index in [-0.39, 0.29) is 18.0 Å². The number of amides is 1. The third-order valence-corrected chi connectivity index (χ3v) is 5.36. The standard InChI is InChI=1S/C26H28ClNO2/c1-17(2)28(18(3)4)26(29)25-9-7-6-8-24(25)21-14-20(15-22(27)16-21)19-10-12-23(30-5)13-11-19/h6-18H,1-5H3. The Morgan fingerprint density at radius 3 is 2.03 bits per heavy atom. The summed E-state index contributed by atoms with van der Waals surface area (Å²) < 4.78 is 5.26. The molecule has 30 heavy (non-hydrogen) atoms. The second-order valence-corrected chi connectivity index (χ2v) is 8.34. The van der Waals surface area contributed by atoms with Crippen molar-refractivity contribution in [2.45, 2.75) is 39.8 Å². The maximum atomic E-state index is 13.4. The van der Waals surface area contributed by atoms with E-state index >= 15 is 0 Å². The molecule has 4 heteroatoms. The van der Waals surface area contributed by atoms with E-state index in [9.17, 15) is 4.79 Å². The number of benzene rings is 3. The van der Waals surface area contributed by atoms with Gasteiger partial charge in [-0.3, -0.25) is 4.79 Å². The minimum Gasteiger partial charge on any atom is -0.497 e. The number of carbonyl (C=O) groups is 1. The number of halogens is 1. The summed E-state index contributed by atoms with van der Waals surface area (Å²) in [4.78, 5) is 15.3. The Balaban J connectivity index is 2.08. The molecule has 0 bridgehead atoms. The number of rotatable bonds is 6. The Morgan fingerprint density at radius 2 is 1.43 bits per heavy atom. The lowest BCUT2D eigenvalue weighted by Gasteiger charge is -2.31. The largest absolute Gasteiger partial charge is 0.497 e. The predicted molar refractivity (Wildman–Crippen MR) is 125 cm³/mol. The second kappa shape index (κ2) is 9.36. The predicted octanol–water partition coefficient (Wildman–Crippen LogP) is 6.94. The number of hydrogen-bond acceptors (Lipinski definition) is 2. The van der Waals surface area contributed by atoms with Crippen molar-refractivity contribution in [1.82, 2.24) is 4.90 Å². The van der Waals surface area contributed by atoms with Crippen LogP contribution in [0.3, 0.4) is 0 Å². The van der Waals surface area contributed by atoms with Gasteiger partial charge in [-0.15, -0.1) is 0 Å². The van der Waals surface area contributed by atoms with Gasteiger partial charge < -0.3 is 9.64 Å². The minimum absolute atomic E-state index is 0.0292. The van der Waals surface area contributed by atoms with Gasteiger partial charge in [0.05, 0.1) is 7.11 Å². The molecule has 0 radical (unpaired) electrons. The van der Waals surface area contributed by atoms with E-state index in [4.69, 9.17) is 16.3 Å². The zero-order valence-electron chi connectivity index (χ0n) is 18.1. The molecule has 0 unspecified atom stereocenters. The van der Waals surface area contributed by atoms with Crippen molar-refractivity contribution in [3.8, 4) is 28.0 Å². The van der Waals surface area contributed by atoms with E-state index in [2.05, 4.69) is 6.07 Å². The molecule has 1 amide bonds. The van der Waals surface area contributed by atoms with E-state index in [0.29, 0.717) is 10.6 Å². The van der Waals surface area contributed by atoms with Crippen LogP contribution in [0, 0.1) is 0 Å². The highest BCUT2D eigenvalue weighted by molar-refractivity contribution is 6.31. The first-order valence-electron chi connectivity index (χ1n) is 10.2. The van der Waals surface area contributed by atoms with Crippen LogP contribution in [0.2, 0.25) is 5.02 Å². The lowest BCUT2D eigenvalue weighted by Crippen LogP contribution is -2.42. The zero-order valence-corrected chi connectivity index (χ0v) is 18.9. The van der Waals surface area contributed by atoms with Crippen LogP contribution in [-0.4, -0.2) is 30.0 Å². The molecule has 0 N–H and O–H groups in total. The van der Waals surface area contributed by atoms with Crippen molar-refractivity contribution in [2.24, 2.45) is 0 Å². The van der Waals surface area contributed by atoms with Crippen LogP contribution < -0.4 is 4.74 Å². The Labute approximate surface area is 184 Å². The van der Waals surface area contributed by atoms with E-state index in [0.717, 1.165) is 28.0 Å². The average molecular weight is 422 g/mol. The number of nitrogens with zero attached hydrogens (tertiary/aromatic N) is 1. The topological polar surface area (TPSA) is 29.5 Å². The number of methoxy groups -OCH3 is 1. The summed E-state index contributed by atoms with van der Waals surface area (Å²) in [5.41, 5.74) is 4.51. The first-order valence-corrected chi connectivity index (χ1v) is 10.6. The molecule has 0 aliphatic rings. The molecule has 0 aliphatic carbocycles. The van der Waals surface area contributed by atoms with Gasteiger partial charge in [0.1, 0.15) is 5.75 Å². The van der Waals surface area contributed by atoms with Crippen LogP contribution in [0.1, 0.15) is 38.1 Å². The van der Waals surface area contributed by atoms with Gasteiger partial charge in [-0.05, 0) is 86.3 Å². The highest BCUT2D eigenvalue weighted by Crippen LogP contribution is 2.33. The molecule has 3 aromatic carbocycles. The van der Waals surface area contributed by atoms with Crippen molar-refractivity contribution >= 4 is 17.5 Å². The highest BCUT2D eigenvalue weighted by Gasteiger charge is 2.24. The zero-order chi connectivity index (χ0) is 21.8. The molecule has 0 aliphatic heterocycles. The van der Waals surface area contributed by atoms with Gasteiger partial charge in [-0.25, -0.2) is 0 Å². The van der Waals surface area contributed by atoms with E-state index in [1.807, 2.05) is 93.3 Å². The molecular formula is C26H28ClNO2. The summed E-state index contributed by atoms with van der Waals surface area (Å²) in [5.74, 6) is 0.834. The Kier molecular flexibility index (Phi) is 6.84. The van der Waals surface area contributed by atoms with Crippen LogP contribution in [-0.2, 0) is 0 Å². The Bertz CT molecular complexity index is 1020. The maximum Gasteiger partial charge on any atom is 0.254 e. The van der Waals surface area contributed by atoms with Crippen molar-refractivity contribution in [3.05, 3.63) is 77.3 Å². The molecular weight excluding hydrogens is 394 g/mol. The lowest BCUT2D eigenvalue weighted by atomic mass is 9.95. The van der Waals surface area contributed by atoms with E-state index < -0.39 is 0 Å². The molecule has 156 valence electrons. The van der Waals surface area contributed by atoms with E-state index in [1.165, 1.54) is 0 Å². The van der Waals surface area contributed by atoms with Crippen LogP contribution in [0.4, 0.5) is 0 Å². The summed E-state index contributed by atoms with van der Waals surface area (Å²) in [7, 11) is 1.65. The first-order chi connectivity index (χ1) is 14.3. The molecule has 0 heterocycles. The number of hydrogen-bond donors (Lipinski definition) is 0. The highest BCUT2D eigenvalue weighted by atomic mass is 35.5. The quantitative estimate of drug-likeness (QED) is 0.431. The maximum absolute atomic E-state index is 13.4. The molecule has 0 saturated heterocycles. The van der Waals surface area contributed by atoms with Crippen LogP contribution >= 0.6 is 11.6 Å². The van der Waals surface area contributed by atoms with Crippen LogP contribution in [0.15, 0.2) is 66.7 Å². The lowest BCUT2D eigenvalue weighted by molar-refractivity contribution is 0.0644. The summed E-state index contributed by atoms with van der Waals surface area (Å²) in [6.07, 6.45) is 0. The van der Waals surface area contributed by atoms with Crippen LogP contribution in [0.5, 0.6) is 5.75 Å². The number of carbonyl (C=O) groups excluding carboxylic acids is 1. The fourth-order valence-electron chi connectivity index (χ4n) is 3.82. The summed E-state index contributed by atoms with van der Waals surface area (Å²) >= 11 is 6.48. The van der Waals surface area contributed by atoms with Crippen molar-refractivity contribution in [2.75, 3.05) is 7.11 Å². The summed E-state index contributed by atoms with van der Waals surface area (Å²) in [6, 6.07) is 21.7. The van der Waals surface area contributed by atoms with Crippen LogP contribution in [0.25, 0.3) is 22.3 Å². The molecule has 3 rings (SSSR count). The molecule has 0 aromatic heterocycles. The fraction of sp³-hybridized carbons (Fsp3) is 0.269. The Hall–Kier alpha value is -2.78. The SMILES string of the molecule is COc1ccc(-c2cc(Cl)cc(-c3ccccc3C(=O)N(C(C)C)C(C)C)c2)cc1. The van der Waals surface area contributed by atoms with Gasteiger partial charge in [0.15, 0.2) is 0 Å². The Morgan fingerprint density at radius 1 is 0.833 bits per heavy atom. The van der Waals surface area contributed by atoms with Gasteiger partial charge in [-0.1, -0.05) is 41.9 Å². The van der Waals surface area contributed by atoms with Gasteiger partial charge in [0.2, 0.25) is 0 Å². The summed E-state index contributed by atoms with van der Waals surface area (Å²) in [6.45, 7) is 8.17. The summed E-state index contributed by atoms with van der Waals surface area (Å²) in [5, 5.41) is 0.630. The van der Waals surface area contributed by atoms with Crippen molar-refractivity contribution in [3.63, 3.8) is 0 Å². The van der Waals surface area contributed by atoms with Crippen molar-refractivity contribution < 1.29 is 9.53 Å². The normalized spacial score (nSPS) is 11.1. The smallest absolute Gasteiger partial charge is 0.254 e. The van der Waals surface area contributed by atoms with Crippen molar-refractivity contribution in [1.29, 1.82) is 0 Å². The van der Waals surface area contributed by atoms with E-state index in [1.54, 1.807) is 7.11 Å². The monoisotopic (exact) mass is 421 g/mol. The first kappa shape index (κ1) is 21.9. The molecule has 3 nitrogen and oxygen atoms in total. The fourth-order valence-corrected chi connectivity index (χ4v) is 4.06.